The predicted octanol–water partition coefficient (Wildman–Crippen LogP) is 3.01. The molecule has 4 rings (SSSR count). The summed E-state index contributed by atoms with van der Waals surface area (Å²) in [4.78, 5) is 12.8. The van der Waals surface area contributed by atoms with Crippen molar-refractivity contribution in [1.29, 1.82) is 0 Å². The normalized spacial score (nSPS) is 26.4. The van der Waals surface area contributed by atoms with Crippen molar-refractivity contribution in [2.45, 2.75) is 50.4 Å². The van der Waals surface area contributed by atoms with E-state index in [0.29, 0.717) is 5.41 Å². The zero-order valence-corrected chi connectivity index (χ0v) is 15.3. The minimum absolute atomic E-state index is 0.0401. The lowest BCUT2D eigenvalue weighted by Crippen LogP contribution is -2.41. The molecule has 25 heavy (non-hydrogen) atoms. The third-order valence-corrected chi connectivity index (χ3v) is 6.95. The first-order valence-corrected chi connectivity index (χ1v) is 9.81. The van der Waals surface area contributed by atoms with Crippen LogP contribution >= 0.6 is 0 Å². The molecule has 1 spiro atoms. The van der Waals surface area contributed by atoms with E-state index in [4.69, 9.17) is 4.74 Å². The van der Waals surface area contributed by atoms with Crippen LogP contribution in [0.2, 0.25) is 0 Å². The van der Waals surface area contributed by atoms with Gasteiger partial charge in [0.25, 0.3) is 0 Å². The van der Waals surface area contributed by atoms with Gasteiger partial charge in [-0.25, -0.2) is 0 Å². The summed E-state index contributed by atoms with van der Waals surface area (Å²) < 4.78 is 5.62. The lowest BCUT2D eigenvalue weighted by molar-refractivity contribution is -0.123. The van der Waals surface area contributed by atoms with Crippen molar-refractivity contribution < 1.29 is 9.53 Å². The lowest BCUT2D eigenvalue weighted by Gasteiger charge is -2.31. The summed E-state index contributed by atoms with van der Waals surface area (Å²) in [7, 11) is 1.74. The molecule has 0 bridgehead atoms. The Bertz CT molecular complexity index is 631. The Morgan fingerprint density at radius 2 is 1.92 bits per heavy atom. The molecule has 3 fully saturated rings. The smallest absolute Gasteiger partial charge is 0.223 e. The number of methoxy groups -OCH3 is 1. The summed E-state index contributed by atoms with van der Waals surface area (Å²) in [5.74, 6) is 1.48. The van der Waals surface area contributed by atoms with Gasteiger partial charge in [-0.05, 0) is 56.7 Å². The monoisotopic (exact) mass is 342 g/mol. The molecule has 1 aliphatic heterocycles. The van der Waals surface area contributed by atoms with Crippen LogP contribution in [0.3, 0.4) is 0 Å². The van der Waals surface area contributed by atoms with Gasteiger partial charge < -0.3 is 15.4 Å². The molecule has 1 amide bonds. The Kier molecular flexibility index (Phi) is 4.48. The molecule has 0 aromatic heterocycles. The van der Waals surface area contributed by atoms with Gasteiger partial charge in [0.2, 0.25) is 5.91 Å². The molecule has 4 nitrogen and oxygen atoms in total. The van der Waals surface area contributed by atoms with E-state index >= 15 is 0 Å². The Morgan fingerprint density at radius 3 is 2.64 bits per heavy atom. The number of ether oxygens (including phenoxy) is 1. The Morgan fingerprint density at radius 1 is 1.20 bits per heavy atom. The minimum Gasteiger partial charge on any atom is -0.496 e. The van der Waals surface area contributed by atoms with Crippen LogP contribution in [-0.4, -0.2) is 32.7 Å². The van der Waals surface area contributed by atoms with Crippen LogP contribution in [0.4, 0.5) is 0 Å². The third kappa shape index (κ3) is 3.05. The van der Waals surface area contributed by atoms with E-state index in [2.05, 4.69) is 22.8 Å². The van der Waals surface area contributed by atoms with Crippen molar-refractivity contribution in [1.82, 2.24) is 10.6 Å². The number of rotatable bonds is 5. The van der Waals surface area contributed by atoms with Gasteiger partial charge in [-0.15, -0.1) is 0 Å². The van der Waals surface area contributed by atoms with Crippen molar-refractivity contribution in [3.8, 4) is 5.75 Å². The average molecular weight is 342 g/mol. The fraction of sp³-hybridized carbons (Fsp3) is 0.667. The molecule has 1 aromatic carbocycles. The first-order valence-electron chi connectivity index (χ1n) is 9.81. The molecular weight excluding hydrogens is 312 g/mol. The molecule has 1 aromatic rings. The predicted molar refractivity (Wildman–Crippen MR) is 98.8 cm³/mol. The van der Waals surface area contributed by atoms with Crippen molar-refractivity contribution in [2.75, 3.05) is 26.7 Å². The van der Waals surface area contributed by atoms with E-state index in [-0.39, 0.29) is 17.2 Å². The molecular formula is C21H30N2O2. The van der Waals surface area contributed by atoms with E-state index in [9.17, 15) is 4.79 Å². The van der Waals surface area contributed by atoms with Gasteiger partial charge in [-0.1, -0.05) is 31.0 Å². The number of nitrogens with one attached hydrogen (secondary N) is 2. The van der Waals surface area contributed by atoms with Crippen LogP contribution in [0.15, 0.2) is 24.3 Å². The highest BCUT2D eigenvalue weighted by Gasteiger charge is 2.57. The number of hydrogen-bond acceptors (Lipinski definition) is 3. The molecule has 2 N–H and O–H groups in total. The quantitative estimate of drug-likeness (QED) is 0.865. The molecule has 2 saturated carbocycles. The maximum atomic E-state index is 12.8. The van der Waals surface area contributed by atoms with Gasteiger partial charge in [-0.3, -0.25) is 4.79 Å². The number of amides is 1. The van der Waals surface area contributed by atoms with Crippen molar-refractivity contribution in [3.05, 3.63) is 29.8 Å². The molecule has 3 aliphatic rings. The van der Waals surface area contributed by atoms with Crippen LogP contribution < -0.4 is 15.4 Å². The highest BCUT2D eigenvalue weighted by Crippen LogP contribution is 2.58. The summed E-state index contributed by atoms with van der Waals surface area (Å²) in [6, 6.07) is 8.34. The van der Waals surface area contributed by atoms with Crippen molar-refractivity contribution in [2.24, 2.45) is 11.3 Å². The molecule has 1 saturated heterocycles. The summed E-state index contributed by atoms with van der Waals surface area (Å²) >= 11 is 0. The number of benzene rings is 1. The van der Waals surface area contributed by atoms with Gasteiger partial charge in [0.05, 0.1) is 7.11 Å². The largest absolute Gasteiger partial charge is 0.496 e. The molecule has 1 atom stereocenters. The van der Waals surface area contributed by atoms with Crippen molar-refractivity contribution >= 4 is 5.91 Å². The Labute approximate surface area is 150 Å². The first kappa shape index (κ1) is 16.9. The number of hydrogen-bond donors (Lipinski definition) is 2. The number of carbonyl (C=O) groups excluding carboxylic acids is 1. The van der Waals surface area contributed by atoms with Gasteiger partial charge in [0.15, 0.2) is 0 Å². The zero-order chi connectivity index (χ0) is 17.3. The Hall–Kier alpha value is -1.55. The van der Waals surface area contributed by atoms with E-state index in [1.807, 2.05) is 12.1 Å². The first-order chi connectivity index (χ1) is 12.2. The van der Waals surface area contributed by atoms with Crippen LogP contribution in [0, 0.1) is 11.3 Å². The molecule has 4 heteroatoms. The molecule has 1 heterocycles. The number of carbonyl (C=O) groups is 1. The zero-order valence-electron chi connectivity index (χ0n) is 15.3. The molecule has 0 radical (unpaired) electrons. The second-order valence-electron chi connectivity index (χ2n) is 8.27. The Balaban J connectivity index is 1.45. The molecule has 136 valence electrons. The second-order valence-corrected chi connectivity index (χ2v) is 8.27. The molecule has 2 aliphatic carbocycles. The highest BCUT2D eigenvalue weighted by atomic mass is 16.5. The average Bonchev–Trinajstić information content (AvgIpc) is 3.13. The summed E-state index contributed by atoms with van der Waals surface area (Å²) in [6.07, 6.45) is 8.12. The van der Waals surface area contributed by atoms with E-state index in [0.717, 1.165) is 57.5 Å². The third-order valence-electron chi connectivity index (χ3n) is 6.95. The van der Waals surface area contributed by atoms with Gasteiger partial charge in [0.1, 0.15) is 5.75 Å². The SMILES string of the molecule is COc1ccccc1C1(CNC(=O)C2CC23CCNCC3)CCCC1. The van der Waals surface area contributed by atoms with Crippen LogP contribution in [-0.2, 0) is 10.2 Å². The van der Waals surface area contributed by atoms with Crippen molar-refractivity contribution in [3.63, 3.8) is 0 Å². The fourth-order valence-corrected chi connectivity index (χ4v) is 5.25. The molecule has 1 unspecified atom stereocenters. The lowest BCUT2D eigenvalue weighted by atomic mass is 9.78. The van der Waals surface area contributed by atoms with E-state index < -0.39 is 0 Å². The topological polar surface area (TPSA) is 50.4 Å². The number of piperidine rings is 1. The maximum Gasteiger partial charge on any atom is 0.223 e. The van der Waals surface area contributed by atoms with Gasteiger partial charge in [-0.2, -0.15) is 0 Å². The van der Waals surface area contributed by atoms with E-state index in [1.54, 1.807) is 7.11 Å². The van der Waals surface area contributed by atoms with Crippen LogP contribution in [0.1, 0.15) is 50.5 Å². The van der Waals surface area contributed by atoms with Gasteiger partial charge in [0, 0.05) is 23.4 Å². The second kappa shape index (κ2) is 6.64. The summed E-state index contributed by atoms with van der Waals surface area (Å²) in [6.45, 7) is 2.88. The summed E-state index contributed by atoms with van der Waals surface area (Å²) in [5.41, 5.74) is 1.61. The fourth-order valence-electron chi connectivity index (χ4n) is 5.25. The minimum atomic E-state index is 0.0401. The maximum absolute atomic E-state index is 12.8. The highest BCUT2D eigenvalue weighted by molar-refractivity contribution is 5.82. The van der Waals surface area contributed by atoms with Gasteiger partial charge >= 0.3 is 0 Å². The van der Waals surface area contributed by atoms with E-state index in [1.165, 1.54) is 18.4 Å². The van der Waals surface area contributed by atoms with Crippen LogP contribution in [0.5, 0.6) is 5.75 Å². The standard InChI is InChI=1S/C21H30N2O2/c1-25-18-7-3-2-6-16(18)21(8-4-5-9-21)15-23-19(24)17-14-20(17)10-12-22-13-11-20/h2-3,6-7,17,22H,4-5,8-15H2,1H3,(H,23,24). The summed E-state index contributed by atoms with van der Waals surface area (Å²) in [5, 5.41) is 6.75. The van der Waals surface area contributed by atoms with Crippen LogP contribution in [0.25, 0.3) is 0 Å². The number of para-hydroxylation sites is 1.